The number of ether oxygens (including phenoxy) is 2. The molecule has 0 aliphatic carbocycles. The molecule has 1 heterocycles. The van der Waals surface area contributed by atoms with Gasteiger partial charge in [0.25, 0.3) is 5.91 Å². The van der Waals surface area contributed by atoms with E-state index < -0.39 is 0 Å². The lowest BCUT2D eigenvalue weighted by atomic mass is 10.2. The second-order valence-corrected chi connectivity index (χ2v) is 9.66. The third-order valence-electron chi connectivity index (χ3n) is 4.75. The number of nitrogens with zero attached hydrogens (tertiary/aromatic N) is 1. The van der Waals surface area contributed by atoms with Gasteiger partial charge in [0.05, 0.1) is 46.5 Å². The zero-order chi connectivity index (χ0) is 24.1. The zero-order valence-corrected chi connectivity index (χ0v) is 20.6. The Hall–Kier alpha value is -3.27. The molecule has 0 aliphatic rings. The highest BCUT2D eigenvalue weighted by atomic mass is 35.5. The summed E-state index contributed by atoms with van der Waals surface area (Å²) in [4.78, 5) is 29.6. The molecule has 34 heavy (non-hydrogen) atoms. The minimum atomic E-state index is -0.284. The summed E-state index contributed by atoms with van der Waals surface area (Å²) < 4.78 is 12.2. The van der Waals surface area contributed by atoms with Crippen LogP contribution >= 0.6 is 34.7 Å². The van der Waals surface area contributed by atoms with Gasteiger partial charge in [-0.25, -0.2) is 4.98 Å². The highest BCUT2D eigenvalue weighted by Gasteiger charge is 2.13. The summed E-state index contributed by atoms with van der Waals surface area (Å²) in [5.41, 5.74) is 2.37. The lowest BCUT2D eigenvalue weighted by molar-refractivity contribution is -0.113. The van der Waals surface area contributed by atoms with E-state index in [0.717, 1.165) is 14.6 Å². The molecule has 0 atom stereocenters. The Morgan fingerprint density at radius 3 is 2.62 bits per heavy atom. The molecule has 0 fully saturated rings. The van der Waals surface area contributed by atoms with Crippen LogP contribution in [0.4, 0.5) is 11.4 Å². The molecule has 0 unspecified atom stereocenters. The quantitative estimate of drug-likeness (QED) is 0.283. The molecule has 0 bridgehead atoms. The molecule has 0 saturated heterocycles. The Labute approximate surface area is 209 Å². The van der Waals surface area contributed by atoms with Gasteiger partial charge >= 0.3 is 0 Å². The van der Waals surface area contributed by atoms with Crippen molar-refractivity contribution in [3.63, 3.8) is 0 Å². The SMILES string of the molecule is COc1ccc(OC)c(NC(=O)CSc2nc3ccc(NC(=O)c4ccccc4Cl)cc3s2)c1. The molecule has 2 amide bonds. The van der Waals surface area contributed by atoms with Crippen LogP contribution in [0.2, 0.25) is 5.02 Å². The van der Waals surface area contributed by atoms with E-state index in [1.165, 1.54) is 23.1 Å². The summed E-state index contributed by atoms with van der Waals surface area (Å²) in [6.45, 7) is 0. The third-order valence-corrected chi connectivity index (χ3v) is 7.24. The summed E-state index contributed by atoms with van der Waals surface area (Å²) >= 11 is 8.89. The first kappa shape index (κ1) is 23.9. The first-order chi connectivity index (χ1) is 16.5. The monoisotopic (exact) mass is 513 g/mol. The standard InChI is InChI=1S/C24H20ClN3O4S2/c1-31-15-8-10-20(32-2)19(12-15)27-22(29)13-33-24-28-18-9-7-14(11-21(18)34-24)26-23(30)16-5-3-4-6-17(16)25/h3-12H,13H2,1-2H3,(H,26,30)(H,27,29). The van der Waals surface area contributed by atoms with Gasteiger partial charge < -0.3 is 20.1 Å². The van der Waals surface area contributed by atoms with Crippen molar-refractivity contribution in [1.82, 2.24) is 4.98 Å². The van der Waals surface area contributed by atoms with Crippen molar-refractivity contribution in [2.75, 3.05) is 30.6 Å². The molecule has 2 N–H and O–H groups in total. The molecule has 4 aromatic rings. The number of thiazole rings is 1. The molecule has 7 nitrogen and oxygen atoms in total. The number of amides is 2. The van der Waals surface area contributed by atoms with E-state index in [0.29, 0.717) is 33.5 Å². The lowest BCUT2D eigenvalue weighted by Crippen LogP contribution is -2.14. The van der Waals surface area contributed by atoms with Gasteiger partial charge in [-0.1, -0.05) is 35.5 Å². The normalized spacial score (nSPS) is 10.7. The van der Waals surface area contributed by atoms with Crippen LogP contribution in [0, 0.1) is 0 Å². The van der Waals surface area contributed by atoms with Crippen molar-refractivity contribution < 1.29 is 19.1 Å². The van der Waals surface area contributed by atoms with Crippen LogP contribution in [0.1, 0.15) is 10.4 Å². The molecule has 4 rings (SSSR count). The predicted molar refractivity (Wildman–Crippen MR) is 138 cm³/mol. The van der Waals surface area contributed by atoms with E-state index in [1.807, 2.05) is 12.1 Å². The number of anilines is 2. The number of rotatable bonds is 8. The number of fused-ring (bicyclic) bond motifs is 1. The molecule has 174 valence electrons. The van der Waals surface area contributed by atoms with E-state index in [9.17, 15) is 9.59 Å². The van der Waals surface area contributed by atoms with Crippen LogP contribution in [0.25, 0.3) is 10.2 Å². The first-order valence-corrected chi connectivity index (χ1v) is 12.3. The summed E-state index contributed by atoms with van der Waals surface area (Å²) in [7, 11) is 3.10. The van der Waals surface area contributed by atoms with Gasteiger partial charge in [0.15, 0.2) is 4.34 Å². The van der Waals surface area contributed by atoms with Gasteiger partial charge in [0, 0.05) is 11.8 Å². The summed E-state index contributed by atoms with van der Waals surface area (Å²) in [6, 6.07) is 17.5. The van der Waals surface area contributed by atoms with Gasteiger partial charge in [-0.2, -0.15) is 0 Å². The predicted octanol–water partition coefficient (Wildman–Crippen LogP) is 5.95. The number of hydrogen-bond acceptors (Lipinski definition) is 7. The van der Waals surface area contributed by atoms with Crippen LogP contribution in [0.15, 0.2) is 65.0 Å². The van der Waals surface area contributed by atoms with Gasteiger partial charge in [-0.3, -0.25) is 9.59 Å². The minimum absolute atomic E-state index is 0.177. The molecule has 0 saturated carbocycles. The minimum Gasteiger partial charge on any atom is -0.497 e. The number of benzene rings is 3. The van der Waals surface area contributed by atoms with Crippen LogP contribution in [-0.4, -0.2) is 36.8 Å². The number of halogens is 1. The summed E-state index contributed by atoms with van der Waals surface area (Å²) in [6.07, 6.45) is 0. The maximum Gasteiger partial charge on any atom is 0.257 e. The van der Waals surface area contributed by atoms with Crippen molar-refractivity contribution in [3.05, 3.63) is 71.2 Å². The van der Waals surface area contributed by atoms with Gasteiger partial charge in [0.1, 0.15) is 11.5 Å². The van der Waals surface area contributed by atoms with E-state index in [4.69, 9.17) is 21.1 Å². The van der Waals surface area contributed by atoms with Crippen molar-refractivity contribution in [1.29, 1.82) is 0 Å². The van der Waals surface area contributed by atoms with Crippen LogP contribution in [-0.2, 0) is 4.79 Å². The molecule has 0 spiro atoms. The van der Waals surface area contributed by atoms with Gasteiger partial charge in [0.2, 0.25) is 5.91 Å². The number of hydrogen-bond donors (Lipinski definition) is 2. The lowest BCUT2D eigenvalue weighted by Gasteiger charge is -2.11. The van der Waals surface area contributed by atoms with Crippen molar-refractivity contribution in [3.8, 4) is 11.5 Å². The fourth-order valence-corrected chi connectivity index (χ4v) is 5.24. The van der Waals surface area contributed by atoms with E-state index in [2.05, 4.69) is 15.6 Å². The molecular formula is C24H20ClN3O4S2. The molecule has 0 radical (unpaired) electrons. The Morgan fingerprint density at radius 2 is 1.85 bits per heavy atom. The number of carbonyl (C=O) groups is 2. The van der Waals surface area contributed by atoms with Crippen molar-refractivity contribution >= 4 is 68.1 Å². The number of nitrogens with one attached hydrogen (secondary N) is 2. The number of methoxy groups -OCH3 is 2. The Morgan fingerprint density at radius 1 is 1.03 bits per heavy atom. The summed E-state index contributed by atoms with van der Waals surface area (Å²) in [5, 5.41) is 6.10. The van der Waals surface area contributed by atoms with Crippen molar-refractivity contribution in [2.45, 2.75) is 4.34 Å². The first-order valence-electron chi connectivity index (χ1n) is 10.1. The Bertz CT molecular complexity index is 1360. The van der Waals surface area contributed by atoms with E-state index >= 15 is 0 Å². The van der Waals surface area contributed by atoms with Crippen molar-refractivity contribution in [2.24, 2.45) is 0 Å². The molecule has 0 aliphatic heterocycles. The maximum atomic E-state index is 12.5. The smallest absolute Gasteiger partial charge is 0.257 e. The van der Waals surface area contributed by atoms with Crippen LogP contribution in [0.3, 0.4) is 0 Å². The second-order valence-electron chi connectivity index (χ2n) is 7.00. The average molecular weight is 514 g/mol. The topological polar surface area (TPSA) is 89.6 Å². The van der Waals surface area contributed by atoms with Gasteiger partial charge in [-0.05, 0) is 42.5 Å². The van der Waals surface area contributed by atoms with Crippen LogP contribution in [0.5, 0.6) is 11.5 Å². The third kappa shape index (κ3) is 5.61. The molecular weight excluding hydrogens is 494 g/mol. The maximum absolute atomic E-state index is 12.5. The molecule has 10 heteroatoms. The number of aromatic nitrogens is 1. The fraction of sp³-hybridized carbons (Fsp3) is 0.125. The highest BCUT2D eigenvalue weighted by molar-refractivity contribution is 8.01. The molecule has 1 aromatic heterocycles. The number of carbonyl (C=O) groups excluding carboxylic acids is 2. The largest absolute Gasteiger partial charge is 0.497 e. The molecule has 3 aromatic carbocycles. The second kappa shape index (κ2) is 10.8. The summed E-state index contributed by atoms with van der Waals surface area (Å²) in [5.74, 6) is 0.867. The zero-order valence-electron chi connectivity index (χ0n) is 18.3. The Balaban J connectivity index is 1.40. The highest BCUT2D eigenvalue weighted by Crippen LogP contribution is 2.33. The fourth-order valence-electron chi connectivity index (χ4n) is 3.11. The Kier molecular flexibility index (Phi) is 7.56. The van der Waals surface area contributed by atoms with Crippen LogP contribution < -0.4 is 20.1 Å². The number of thioether (sulfide) groups is 1. The van der Waals surface area contributed by atoms with E-state index in [1.54, 1.807) is 62.8 Å². The average Bonchev–Trinajstić information content (AvgIpc) is 3.25. The van der Waals surface area contributed by atoms with Gasteiger partial charge in [-0.15, -0.1) is 11.3 Å². The van der Waals surface area contributed by atoms with E-state index in [-0.39, 0.29) is 17.6 Å².